The van der Waals surface area contributed by atoms with Crippen molar-refractivity contribution >= 4 is 11.9 Å². The standard InChI is InChI=1S/C13H8F14O4/c1-4(2)5(28)31-9(12(22,23)24,13(25,26)27)7(29)30-3-8(16,17)11(20,21)10(18,19)6(14)15/h6H,1,3H2,2H3. The van der Waals surface area contributed by atoms with Crippen LogP contribution < -0.4 is 0 Å². The summed E-state index contributed by atoms with van der Waals surface area (Å²) < 4.78 is 186. The molecule has 0 bridgehead atoms. The van der Waals surface area contributed by atoms with Crippen LogP contribution in [0.5, 0.6) is 0 Å². The molecule has 0 amide bonds. The number of esters is 2. The Morgan fingerprint density at radius 1 is 0.839 bits per heavy atom. The SMILES string of the molecule is C=C(C)C(=O)OC(C(=O)OCC(F)(F)C(F)(F)C(F)(F)C(F)F)(C(F)(F)F)C(F)(F)F. The number of carbonyl (C=O) groups excluding carboxylic acids is 2. The lowest BCUT2D eigenvalue weighted by Gasteiger charge is -2.35. The van der Waals surface area contributed by atoms with Crippen LogP contribution in [0.15, 0.2) is 12.2 Å². The topological polar surface area (TPSA) is 52.6 Å². The van der Waals surface area contributed by atoms with Gasteiger partial charge in [0.2, 0.25) is 0 Å². The maximum atomic E-state index is 13.3. The first-order valence-electron chi connectivity index (χ1n) is 7.01. The number of ether oxygens (including phenoxy) is 2. The molecule has 0 aliphatic carbocycles. The van der Waals surface area contributed by atoms with E-state index in [1.165, 1.54) is 0 Å². The molecule has 18 heteroatoms. The molecule has 0 atom stereocenters. The Balaban J connectivity index is 6.25. The minimum atomic E-state index is -7.11. The van der Waals surface area contributed by atoms with E-state index in [2.05, 4.69) is 16.1 Å². The van der Waals surface area contributed by atoms with Gasteiger partial charge in [-0.05, 0) is 6.92 Å². The summed E-state index contributed by atoms with van der Waals surface area (Å²) in [6.45, 7) is -0.600. The van der Waals surface area contributed by atoms with Crippen LogP contribution >= 0.6 is 0 Å². The Kier molecular flexibility index (Phi) is 7.71. The first-order valence-corrected chi connectivity index (χ1v) is 7.01. The van der Waals surface area contributed by atoms with Crippen LogP contribution in [0.4, 0.5) is 61.5 Å². The summed E-state index contributed by atoms with van der Waals surface area (Å²) in [5, 5.41) is 0. The van der Waals surface area contributed by atoms with Crippen molar-refractivity contribution in [2.24, 2.45) is 0 Å². The Bertz CT molecular complexity index is 692. The van der Waals surface area contributed by atoms with Crippen LogP contribution in [0, 0.1) is 0 Å². The average molecular weight is 494 g/mol. The number of carbonyl (C=O) groups is 2. The molecule has 4 nitrogen and oxygen atoms in total. The van der Waals surface area contributed by atoms with E-state index in [9.17, 15) is 71.1 Å². The predicted octanol–water partition coefficient (Wildman–Crippen LogP) is 4.68. The van der Waals surface area contributed by atoms with Gasteiger partial charge < -0.3 is 9.47 Å². The number of rotatable bonds is 8. The van der Waals surface area contributed by atoms with Crippen LogP contribution in [0.3, 0.4) is 0 Å². The third-order valence-corrected chi connectivity index (χ3v) is 3.22. The minimum Gasteiger partial charge on any atom is -0.456 e. The quantitative estimate of drug-likeness (QED) is 0.280. The Hall–Kier alpha value is -2.30. The summed E-state index contributed by atoms with van der Waals surface area (Å²) in [7, 11) is 0. The van der Waals surface area contributed by atoms with Crippen molar-refractivity contribution in [2.75, 3.05) is 6.61 Å². The molecule has 0 spiro atoms. The van der Waals surface area contributed by atoms with Crippen molar-refractivity contribution in [3.05, 3.63) is 12.2 Å². The fourth-order valence-corrected chi connectivity index (χ4v) is 1.51. The van der Waals surface area contributed by atoms with E-state index in [1.54, 1.807) is 0 Å². The maximum Gasteiger partial charge on any atom is 0.449 e. The molecule has 0 N–H and O–H groups in total. The van der Waals surface area contributed by atoms with Crippen molar-refractivity contribution in [3.63, 3.8) is 0 Å². The zero-order valence-electron chi connectivity index (χ0n) is 14.4. The van der Waals surface area contributed by atoms with Crippen molar-refractivity contribution in [3.8, 4) is 0 Å². The van der Waals surface area contributed by atoms with E-state index in [0.717, 1.165) is 0 Å². The Morgan fingerprint density at radius 2 is 1.23 bits per heavy atom. The Labute approximate surface area is 161 Å². The molecule has 0 radical (unpaired) electrons. The molecule has 0 saturated carbocycles. The molecule has 0 saturated heterocycles. The second kappa shape index (κ2) is 8.33. The van der Waals surface area contributed by atoms with Gasteiger partial charge >= 0.3 is 54.1 Å². The molecule has 31 heavy (non-hydrogen) atoms. The van der Waals surface area contributed by atoms with E-state index in [0.29, 0.717) is 6.92 Å². The third-order valence-electron chi connectivity index (χ3n) is 3.22. The van der Waals surface area contributed by atoms with Gasteiger partial charge in [0.05, 0.1) is 0 Å². The van der Waals surface area contributed by atoms with Gasteiger partial charge in [0.15, 0.2) is 6.61 Å². The predicted molar refractivity (Wildman–Crippen MR) is 67.6 cm³/mol. The highest BCUT2D eigenvalue weighted by Crippen LogP contribution is 2.50. The molecule has 0 heterocycles. The molecule has 0 aromatic rings. The molecule has 0 aliphatic heterocycles. The number of hydrogen-bond acceptors (Lipinski definition) is 4. The van der Waals surface area contributed by atoms with E-state index in [4.69, 9.17) is 0 Å². The normalized spacial score (nSPS) is 14.5. The van der Waals surface area contributed by atoms with Gasteiger partial charge in [0, 0.05) is 5.57 Å². The van der Waals surface area contributed by atoms with Gasteiger partial charge in [0.1, 0.15) is 0 Å². The highest BCUT2D eigenvalue weighted by molar-refractivity contribution is 5.92. The summed E-state index contributed by atoms with van der Waals surface area (Å²) in [6, 6.07) is 0. The smallest absolute Gasteiger partial charge is 0.449 e. The number of hydrogen-bond donors (Lipinski definition) is 0. The third kappa shape index (κ3) is 4.97. The van der Waals surface area contributed by atoms with Gasteiger partial charge in [-0.15, -0.1) is 0 Å². The lowest BCUT2D eigenvalue weighted by Crippen LogP contribution is -2.66. The monoisotopic (exact) mass is 494 g/mol. The summed E-state index contributed by atoms with van der Waals surface area (Å²) in [4.78, 5) is 22.5. The highest BCUT2D eigenvalue weighted by atomic mass is 19.4. The summed E-state index contributed by atoms with van der Waals surface area (Å²) in [6.07, 6.45) is -19.5. The molecular formula is C13H8F14O4. The number of halogens is 14. The van der Waals surface area contributed by atoms with Crippen molar-refractivity contribution in [1.82, 2.24) is 0 Å². The maximum absolute atomic E-state index is 13.3. The zero-order valence-corrected chi connectivity index (χ0v) is 14.4. The average Bonchev–Trinajstić information content (AvgIpc) is 2.54. The van der Waals surface area contributed by atoms with Gasteiger partial charge in [-0.25, -0.2) is 18.4 Å². The van der Waals surface area contributed by atoms with Crippen molar-refractivity contribution in [1.29, 1.82) is 0 Å². The second-order valence-corrected chi connectivity index (χ2v) is 5.63. The summed E-state index contributed by atoms with van der Waals surface area (Å²) >= 11 is 0. The van der Waals surface area contributed by atoms with Crippen LogP contribution in [0.25, 0.3) is 0 Å². The summed E-state index contributed by atoms with van der Waals surface area (Å²) in [5.74, 6) is -27.1. The molecule has 182 valence electrons. The molecule has 0 aliphatic rings. The zero-order chi connectivity index (χ0) is 25.4. The van der Waals surface area contributed by atoms with Gasteiger partial charge in [-0.3, -0.25) is 0 Å². The molecular weight excluding hydrogens is 486 g/mol. The van der Waals surface area contributed by atoms with Crippen LogP contribution in [0.1, 0.15) is 6.92 Å². The fourth-order valence-electron chi connectivity index (χ4n) is 1.51. The molecule has 0 unspecified atom stereocenters. The molecule has 0 aromatic carbocycles. The van der Waals surface area contributed by atoms with Crippen molar-refractivity contribution in [2.45, 2.75) is 49.1 Å². The van der Waals surface area contributed by atoms with Gasteiger partial charge in [-0.2, -0.15) is 52.7 Å². The Morgan fingerprint density at radius 3 is 1.52 bits per heavy atom. The van der Waals surface area contributed by atoms with Gasteiger partial charge in [0.25, 0.3) is 0 Å². The molecule has 0 fully saturated rings. The minimum absolute atomic E-state index is 0.478. The van der Waals surface area contributed by atoms with E-state index in [-0.39, 0.29) is 0 Å². The first-order chi connectivity index (χ1) is 13.4. The highest BCUT2D eigenvalue weighted by Gasteiger charge is 2.81. The summed E-state index contributed by atoms with van der Waals surface area (Å²) in [5.41, 5.74) is -7.58. The lowest BCUT2D eigenvalue weighted by molar-refractivity contribution is -0.364. The van der Waals surface area contributed by atoms with Crippen molar-refractivity contribution < 1.29 is 80.5 Å². The largest absolute Gasteiger partial charge is 0.456 e. The van der Waals surface area contributed by atoms with Crippen LogP contribution in [-0.2, 0) is 19.1 Å². The van der Waals surface area contributed by atoms with E-state index >= 15 is 0 Å². The lowest BCUT2D eigenvalue weighted by atomic mass is 10.0. The first kappa shape index (κ1) is 28.7. The fraction of sp³-hybridized carbons (Fsp3) is 0.692. The van der Waals surface area contributed by atoms with E-state index in [1.807, 2.05) is 0 Å². The van der Waals surface area contributed by atoms with E-state index < -0.39 is 66.3 Å². The molecule has 0 rings (SSSR count). The van der Waals surface area contributed by atoms with Gasteiger partial charge in [-0.1, -0.05) is 6.58 Å². The second-order valence-electron chi connectivity index (χ2n) is 5.63. The molecule has 0 aromatic heterocycles. The van der Waals surface area contributed by atoms with Crippen LogP contribution in [-0.4, -0.2) is 60.7 Å². The van der Waals surface area contributed by atoms with Crippen LogP contribution in [0.2, 0.25) is 0 Å². The number of alkyl halides is 14.